The van der Waals surface area contributed by atoms with Crippen LogP contribution in [-0.2, 0) is 6.54 Å². The molecular weight excluding hydrogens is 304 g/mol. The van der Waals surface area contributed by atoms with Gasteiger partial charge in [-0.1, -0.05) is 12.1 Å². The quantitative estimate of drug-likeness (QED) is 0.761. The second kappa shape index (κ2) is 5.85. The molecule has 0 aliphatic carbocycles. The van der Waals surface area contributed by atoms with Gasteiger partial charge in [-0.3, -0.25) is 4.79 Å². The Bertz CT molecular complexity index is 857. The SMILES string of the molecule is Cc1cc(CNC(=O)c2cc3cc(F)ccc3s2)ccc1F. The van der Waals surface area contributed by atoms with Crippen LogP contribution >= 0.6 is 11.3 Å². The number of rotatable bonds is 3. The molecule has 1 amide bonds. The molecule has 0 saturated carbocycles. The van der Waals surface area contributed by atoms with E-state index in [9.17, 15) is 13.6 Å². The smallest absolute Gasteiger partial charge is 0.261 e. The number of nitrogens with one attached hydrogen (secondary N) is 1. The second-order valence-corrected chi connectivity index (χ2v) is 6.14. The fourth-order valence-corrected chi connectivity index (χ4v) is 3.17. The average Bonchev–Trinajstić information content (AvgIpc) is 2.91. The zero-order valence-corrected chi connectivity index (χ0v) is 12.6. The average molecular weight is 317 g/mol. The number of hydrogen-bond donors (Lipinski definition) is 1. The number of thiophene rings is 1. The normalized spacial score (nSPS) is 10.9. The fourth-order valence-electron chi connectivity index (χ4n) is 2.21. The molecule has 0 saturated heterocycles. The number of halogens is 2. The minimum absolute atomic E-state index is 0.219. The first-order chi connectivity index (χ1) is 10.5. The van der Waals surface area contributed by atoms with Gasteiger partial charge in [-0.2, -0.15) is 0 Å². The Labute approximate surface area is 130 Å². The van der Waals surface area contributed by atoms with Crippen molar-refractivity contribution in [1.82, 2.24) is 5.32 Å². The van der Waals surface area contributed by atoms with Gasteiger partial charge in [0.15, 0.2) is 0 Å². The van der Waals surface area contributed by atoms with Crippen LogP contribution in [0.15, 0.2) is 42.5 Å². The summed E-state index contributed by atoms with van der Waals surface area (Å²) in [7, 11) is 0. The summed E-state index contributed by atoms with van der Waals surface area (Å²) < 4.78 is 27.2. The maximum Gasteiger partial charge on any atom is 0.261 e. The van der Waals surface area contributed by atoms with E-state index in [0.717, 1.165) is 10.3 Å². The Balaban J connectivity index is 1.74. The third-order valence-electron chi connectivity index (χ3n) is 3.38. The largest absolute Gasteiger partial charge is 0.347 e. The predicted octanol–water partition coefficient (Wildman–Crippen LogP) is 4.42. The molecule has 0 radical (unpaired) electrons. The molecule has 0 aliphatic rings. The number of aryl methyl sites for hydroxylation is 1. The van der Waals surface area contributed by atoms with Crippen molar-refractivity contribution in [1.29, 1.82) is 0 Å². The Kier molecular flexibility index (Phi) is 3.90. The molecule has 2 nitrogen and oxygen atoms in total. The van der Waals surface area contributed by atoms with E-state index in [1.165, 1.54) is 29.5 Å². The summed E-state index contributed by atoms with van der Waals surface area (Å²) in [5, 5.41) is 3.51. The second-order valence-electron chi connectivity index (χ2n) is 5.06. The first-order valence-corrected chi connectivity index (χ1v) is 7.57. The van der Waals surface area contributed by atoms with E-state index in [1.54, 1.807) is 31.2 Å². The number of carbonyl (C=O) groups excluding carboxylic acids is 1. The van der Waals surface area contributed by atoms with E-state index < -0.39 is 0 Å². The summed E-state index contributed by atoms with van der Waals surface area (Å²) in [6.45, 7) is 2.00. The topological polar surface area (TPSA) is 29.1 Å². The van der Waals surface area contributed by atoms with Gasteiger partial charge in [0.2, 0.25) is 0 Å². The van der Waals surface area contributed by atoms with Gasteiger partial charge >= 0.3 is 0 Å². The van der Waals surface area contributed by atoms with Crippen LogP contribution in [-0.4, -0.2) is 5.91 Å². The summed E-state index contributed by atoms with van der Waals surface area (Å²) >= 11 is 1.32. The van der Waals surface area contributed by atoms with Gasteiger partial charge < -0.3 is 5.32 Å². The van der Waals surface area contributed by atoms with Gasteiger partial charge in [0, 0.05) is 11.2 Å². The molecule has 0 atom stereocenters. The number of fused-ring (bicyclic) bond motifs is 1. The van der Waals surface area contributed by atoms with E-state index in [4.69, 9.17) is 0 Å². The van der Waals surface area contributed by atoms with Crippen LogP contribution in [0.25, 0.3) is 10.1 Å². The molecule has 1 N–H and O–H groups in total. The molecular formula is C17H13F2NOS. The lowest BCUT2D eigenvalue weighted by atomic mass is 10.1. The summed E-state index contributed by atoms with van der Waals surface area (Å²) in [6.07, 6.45) is 0. The zero-order valence-electron chi connectivity index (χ0n) is 11.8. The minimum atomic E-state index is -0.320. The molecule has 0 unspecified atom stereocenters. The van der Waals surface area contributed by atoms with Gasteiger partial charge in [-0.05, 0) is 53.8 Å². The third-order valence-corrected chi connectivity index (χ3v) is 4.49. The lowest BCUT2D eigenvalue weighted by Gasteiger charge is -2.05. The summed E-state index contributed by atoms with van der Waals surface area (Å²) in [5.74, 6) is -0.802. The summed E-state index contributed by atoms with van der Waals surface area (Å²) in [5.41, 5.74) is 1.38. The monoisotopic (exact) mass is 317 g/mol. The van der Waals surface area contributed by atoms with E-state index in [2.05, 4.69) is 5.32 Å². The van der Waals surface area contributed by atoms with Crippen molar-refractivity contribution >= 4 is 27.3 Å². The lowest BCUT2D eigenvalue weighted by Crippen LogP contribution is -2.21. The van der Waals surface area contributed by atoms with Crippen molar-refractivity contribution in [3.8, 4) is 0 Å². The van der Waals surface area contributed by atoms with Gasteiger partial charge in [-0.25, -0.2) is 8.78 Å². The number of carbonyl (C=O) groups is 1. The van der Waals surface area contributed by atoms with Gasteiger partial charge in [-0.15, -0.1) is 11.3 Å². The number of amides is 1. The maximum atomic E-state index is 13.2. The Hall–Kier alpha value is -2.27. The fraction of sp³-hybridized carbons (Fsp3) is 0.118. The van der Waals surface area contributed by atoms with Gasteiger partial charge in [0.1, 0.15) is 11.6 Å². The molecule has 22 heavy (non-hydrogen) atoms. The van der Waals surface area contributed by atoms with Crippen LogP contribution in [0, 0.1) is 18.6 Å². The van der Waals surface area contributed by atoms with Gasteiger partial charge in [0.05, 0.1) is 4.88 Å². The Morgan fingerprint density at radius 2 is 1.95 bits per heavy atom. The highest BCUT2D eigenvalue weighted by atomic mass is 32.1. The first kappa shape index (κ1) is 14.7. The zero-order chi connectivity index (χ0) is 15.7. The van der Waals surface area contributed by atoms with Crippen LogP contribution in [0.2, 0.25) is 0 Å². The highest BCUT2D eigenvalue weighted by Gasteiger charge is 2.10. The van der Waals surface area contributed by atoms with Crippen molar-refractivity contribution in [3.63, 3.8) is 0 Å². The van der Waals surface area contributed by atoms with Crippen molar-refractivity contribution in [2.75, 3.05) is 0 Å². The maximum absolute atomic E-state index is 13.2. The Morgan fingerprint density at radius 3 is 2.73 bits per heavy atom. The van der Waals surface area contributed by atoms with Crippen LogP contribution in [0.3, 0.4) is 0 Å². The third kappa shape index (κ3) is 2.99. The van der Waals surface area contributed by atoms with Crippen molar-refractivity contribution in [2.45, 2.75) is 13.5 Å². The van der Waals surface area contributed by atoms with E-state index in [-0.39, 0.29) is 17.5 Å². The lowest BCUT2D eigenvalue weighted by molar-refractivity contribution is 0.0955. The Morgan fingerprint density at radius 1 is 1.14 bits per heavy atom. The standard InChI is InChI=1S/C17H13F2NOS/c1-10-6-11(2-4-14(10)19)9-20-17(21)16-8-12-7-13(18)3-5-15(12)22-16/h2-8H,9H2,1H3,(H,20,21). The first-order valence-electron chi connectivity index (χ1n) is 6.75. The molecule has 1 heterocycles. The van der Waals surface area contributed by atoms with Crippen molar-refractivity contribution in [2.24, 2.45) is 0 Å². The molecule has 0 aliphatic heterocycles. The highest BCUT2D eigenvalue weighted by Crippen LogP contribution is 2.26. The molecule has 112 valence electrons. The minimum Gasteiger partial charge on any atom is -0.347 e. The van der Waals surface area contributed by atoms with Crippen LogP contribution < -0.4 is 5.32 Å². The van der Waals surface area contributed by atoms with E-state index >= 15 is 0 Å². The van der Waals surface area contributed by atoms with E-state index in [0.29, 0.717) is 22.4 Å². The molecule has 0 bridgehead atoms. The molecule has 1 aromatic heterocycles. The highest BCUT2D eigenvalue weighted by molar-refractivity contribution is 7.20. The number of hydrogen-bond acceptors (Lipinski definition) is 2. The van der Waals surface area contributed by atoms with Crippen molar-refractivity contribution < 1.29 is 13.6 Å². The molecule has 3 rings (SSSR count). The summed E-state index contributed by atoms with van der Waals surface area (Å²) in [4.78, 5) is 12.7. The summed E-state index contributed by atoms with van der Waals surface area (Å²) in [6, 6.07) is 10.9. The molecule has 3 aromatic rings. The van der Waals surface area contributed by atoms with Gasteiger partial charge in [0.25, 0.3) is 5.91 Å². The van der Waals surface area contributed by atoms with E-state index in [1.807, 2.05) is 0 Å². The molecule has 0 spiro atoms. The molecule has 0 fully saturated rings. The van der Waals surface area contributed by atoms with Crippen molar-refractivity contribution in [3.05, 3.63) is 70.1 Å². The van der Waals surface area contributed by atoms with Crippen LogP contribution in [0.1, 0.15) is 20.8 Å². The number of benzene rings is 2. The molecule has 2 aromatic carbocycles. The predicted molar refractivity (Wildman–Crippen MR) is 84.1 cm³/mol. The molecule has 5 heteroatoms. The van der Waals surface area contributed by atoms with Crippen LogP contribution in [0.5, 0.6) is 0 Å². The van der Waals surface area contributed by atoms with Crippen LogP contribution in [0.4, 0.5) is 8.78 Å².